The molecule has 0 atom stereocenters. The SMILES string of the molecule is CC/C(C)=N/OCc1ccccc1/C(C)=N\OC. The van der Waals surface area contributed by atoms with Gasteiger partial charge in [-0.2, -0.15) is 0 Å². The monoisotopic (exact) mass is 248 g/mol. The smallest absolute Gasteiger partial charge is 0.142 e. The van der Waals surface area contributed by atoms with Crippen LogP contribution in [0.1, 0.15) is 38.3 Å². The number of oxime groups is 2. The molecule has 4 nitrogen and oxygen atoms in total. The molecular weight excluding hydrogens is 228 g/mol. The molecule has 0 saturated carbocycles. The van der Waals surface area contributed by atoms with Crippen LogP contribution in [-0.4, -0.2) is 18.5 Å². The van der Waals surface area contributed by atoms with Crippen LogP contribution in [0.4, 0.5) is 0 Å². The second kappa shape index (κ2) is 7.48. The average molecular weight is 248 g/mol. The Morgan fingerprint density at radius 1 is 1.17 bits per heavy atom. The van der Waals surface area contributed by atoms with Crippen molar-refractivity contribution in [3.63, 3.8) is 0 Å². The standard InChI is InChI=1S/C14H20N2O2/c1-5-11(2)15-18-10-13-8-6-7-9-14(13)12(3)16-17-4/h6-9H,5,10H2,1-4H3/b15-11+,16-12-. The highest BCUT2D eigenvalue weighted by Gasteiger charge is 2.05. The van der Waals surface area contributed by atoms with Crippen molar-refractivity contribution in [2.24, 2.45) is 10.3 Å². The molecular formula is C14H20N2O2. The Morgan fingerprint density at radius 2 is 1.89 bits per heavy atom. The minimum absolute atomic E-state index is 0.435. The summed E-state index contributed by atoms with van der Waals surface area (Å²) >= 11 is 0. The summed E-state index contributed by atoms with van der Waals surface area (Å²) in [5, 5.41) is 7.97. The van der Waals surface area contributed by atoms with Gasteiger partial charge in [-0.05, 0) is 20.3 Å². The van der Waals surface area contributed by atoms with Crippen LogP contribution in [0, 0.1) is 0 Å². The highest BCUT2D eigenvalue weighted by Crippen LogP contribution is 2.12. The number of benzene rings is 1. The van der Waals surface area contributed by atoms with Gasteiger partial charge < -0.3 is 9.68 Å². The van der Waals surface area contributed by atoms with Gasteiger partial charge in [-0.15, -0.1) is 0 Å². The molecule has 0 spiro atoms. The first-order chi connectivity index (χ1) is 8.69. The highest BCUT2D eigenvalue weighted by molar-refractivity contribution is 5.99. The van der Waals surface area contributed by atoms with E-state index in [4.69, 9.17) is 9.68 Å². The fourth-order valence-electron chi connectivity index (χ4n) is 1.46. The molecule has 1 rings (SSSR count). The first-order valence-corrected chi connectivity index (χ1v) is 6.00. The lowest BCUT2D eigenvalue weighted by Crippen LogP contribution is -2.02. The van der Waals surface area contributed by atoms with Crippen LogP contribution in [0.25, 0.3) is 0 Å². The third kappa shape index (κ3) is 4.20. The summed E-state index contributed by atoms with van der Waals surface area (Å²) in [5.74, 6) is 0. The zero-order chi connectivity index (χ0) is 13.4. The summed E-state index contributed by atoms with van der Waals surface area (Å²) < 4.78 is 0. The van der Waals surface area contributed by atoms with E-state index in [0.717, 1.165) is 29.0 Å². The van der Waals surface area contributed by atoms with Crippen molar-refractivity contribution >= 4 is 11.4 Å². The lowest BCUT2D eigenvalue weighted by atomic mass is 10.0. The van der Waals surface area contributed by atoms with Gasteiger partial charge in [0.2, 0.25) is 0 Å². The van der Waals surface area contributed by atoms with Crippen molar-refractivity contribution in [1.29, 1.82) is 0 Å². The highest BCUT2D eigenvalue weighted by atomic mass is 16.6. The van der Waals surface area contributed by atoms with Gasteiger partial charge in [-0.25, -0.2) is 0 Å². The molecule has 0 radical (unpaired) electrons. The number of nitrogens with zero attached hydrogens (tertiary/aromatic N) is 2. The molecule has 0 saturated heterocycles. The molecule has 1 aromatic rings. The maximum Gasteiger partial charge on any atom is 0.142 e. The Bertz CT molecular complexity index is 439. The van der Waals surface area contributed by atoms with E-state index in [9.17, 15) is 0 Å². The van der Waals surface area contributed by atoms with Crippen molar-refractivity contribution in [3.8, 4) is 0 Å². The van der Waals surface area contributed by atoms with Crippen LogP contribution in [0.15, 0.2) is 34.6 Å². The normalized spacial score (nSPS) is 12.4. The minimum Gasteiger partial charge on any atom is -0.399 e. The van der Waals surface area contributed by atoms with Gasteiger partial charge in [0.15, 0.2) is 0 Å². The molecule has 0 aliphatic heterocycles. The first kappa shape index (κ1) is 14.2. The van der Waals surface area contributed by atoms with Gasteiger partial charge >= 0.3 is 0 Å². The summed E-state index contributed by atoms with van der Waals surface area (Å²) in [6.45, 7) is 6.34. The quantitative estimate of drug-likeness (QED) is 0.572. The van der Waals surface area contributed by atoms with Crippen LogP contribution in [-0.2, 0) is 16.3 Å². The predicted octanol–water partition coefficient (Wildman–Crippen LogP) is 3.36. The summed E-state index contributed by atoms with van der Waals surface area (Å²) in [6.07, 6.45) is 0.895. The van der Waals surface area contributed by atoms with E-state index < -0.39 is 0 Å². The van der Waals surface area contributed by atoms with Gasteiger partial charge in [0.1, 0.15) is 13.7 Å². The van der Waals surface area contributed by atoms with E-state index >= 15 is 0 Å². The van der Waals surface area contributed by atoms with Crippen LogP contribution >= 0.6 is 0 Å². The fraction of sp³-hybridized carbons (Fsp3) is 0.429. The van der Waals surface area contributed by atoms with E-state index in [1.165, 1.54) is 7.11 Å². The maximum atomic E-state index is 5.33. The van der Waals surface area contributed by atoms with E-state index in [0.29, 0.717) is 6.61 Å². The van der Waals surface area contributed by atoms with E-state index in [1.807, 2.05) is 45.0 Å². The Labute approximate surface area is 108 Å². The number of rotatable bonds is 6. The molecule has 0 heterocycles. The fourth-order valence-corrected chi connectivity index (χ4v) is 1.46. The summed E-state index contributed by atoms with van der Waals surface area (Å²) in [6, 6.07) is 7.93. The van der Waals surface area contributed by atoms with Crippen molar-refractivity contribution in [2.75, 3.05) is 7.11 Å². The van der Waals surface area contributed by atoms with Crippen LogP contribution in [0.5, 0.6) is 0 Å². The Hall–Kier alpha value is -1.84. The molecule has 0 bridgehead atoms. The van der Waals surface area contributed by atoms with Crippen LogP contribution < -0.4 is 0 Å². The second-order valence-electron chi connectivity index (χ2n) is 3.97. The molecule has 0 fully saturated rings. The maximum absolute atomic E-state index is 5.33. The summed E-state index contributed by atoms with van der Waals surface area (Å²) in [7, 11) is 1.54. The minimum atomic E-state index is 0.435. The molecule has 18 heavy (non-hydrogen) atoms. The number of hydrogen-bond acceptors (Lipinski definition) is 4. The van der Waals surface area contributed by atoms with E-state index in [1.54, 1.807) is 0 Å². The summed E-state index contributed by atoms with van der Waals surface area (Å²) in [5.41, 5.74) is 3.87. The van der Waals surface area contributed by atoms with Crippen molar-refractivity contribution < 1.29 is 9.68 Å². The molecule has 4 heteroatoms. The van der Waals surface area contributed by atoms with Crippen molar-refractivity contribution in [3.05, 3.63) is 35.4 Å². The van der Waals surface area contributed by atoms with Gasteiger partial charge in [-0.3, -0.25) is 0 Å². The third-order valence-electron chi connectivity index (χ3n) is 2.59. The van der Waals surface area contributed by atoms with Gasteiger partial charge in [0, 0.05) is 11.1 Å². The zero-order valence-corrected chi connectivity index (χ0v) is 11.4. The van der Waals surface area contributed by atoms with Crippen LogP contribution in [0.3, 0.4) is 0 Å². The van der Waals surface area contributed by atoms with Gasteiger partial charge in [-0.1, -0.05) is 41.5 Å². The van der Waals surface area contributed by atoms with Crippen LogP contribution in [0.2, 0.25) is 0 Å². The third-order valence-corrected chi connectivity index (χ3v) is 2.59. The Morgan fingerprint density at radius 3 is 2.56 bits per heavy atom. The molecule has 0 aromatic heterocycles. The molecule has 0 amide bonds. The average Bonchev–Trinajstić information content (AvgIpc) is 2.39. The van der Waals surface area contributed by atoms with E-state index in [-0.39, 0.29) is 0 Å². The van der Waals surface area contributed by atoms with Crippen molar-refractivity contribution in [1.82, 2.24) is 0 Å². The largest absolute Gasteiger partial charge is 0.399 e. The Kier molecular flexibility index (Phi) is 5.91. The predicted molar refractivity (Wildman–Crippen MR) is 73.9 cm³/mol. The Balaban J connectivity index is 2.80. The topological polar surface area (TPSA) is 43.2 Å². The molecule has 0 unspecified atom stereocenters. The molecule has 1 aromatic carbocycles. The lowest BCUT2D eigenvalue weighted by molar-refractivity contribution is 0.129. The van der Waals surface area contributed by atoms with Gasteiger partial charge in [0.05, 0.1) is 11.4 Å². The lowest BCUT2D eigenvalue weighted by Gasteiger charge is -2.07. The van der Waals surface area contributed by atoms with E-state index in [2.05, 4.69) is 10.3 Å². The summed E-state index contributed by atoms with van der Waals surface area (Å²) in [4.78, 5) is 10.1. The van der Waals surface area contributed by atoms with Crippen molar-refractivity contribution in [2.45, 2.75) is 33.8 Å². The number of hydrogen-bond donors (Lipinski definition) is 0. The molecule has 98 valence electrons. The first-order valence-electron chi connectivity index (χ1n) is 6.00. The van der Waals surface area contributed by atoms with Gasteiger partial charge in [0.25, 0.3) is 0 Å². The second-order valence-corrected chi connectivity index (χ2v) is 3.97. The molecule has 0 N–H and O–H groups in total. The zero-order valence-electron chi connectivity index (χ0n) is 11.4. The molecule has 0 aliphatic rings. The molecule has 0 aliphatic carbocycles.